The van der Waals surface area contributed by atoms with E-state index in [-0.39, 0.29) is 5.60 Å². The van der Waals surface area contributed by atoms with Gasteiger partial charge in [0.05, 0.1) is 0 Å². The van der Waals surface area contributed by atoms with Gasteiger partial charge in [0.25, 0.3) is 0 Å². The first-order chi connectivity index (χ1) is 7.99. The van der Waals surface area contributed by atoms with E-state index in [1.54, 1.807) is 0 Å². The van der Waals surface area contributed by atoms with Crippen molar-refractivity contribution in [2.24, 2.45) is 0 Å². The average Bonchev–Trinajstić information content (AvgIpc) is 2.09. The van der Waals surface area contributed by atoms with E-state index in [0.717, 1.165) is 9.78 Å². The van der Waals surface area contributed by atoms with Gasteiger partial charge in [-0.1, -0.05) is 0 Å². The average molecular weight is 441 g/mol. The molecule has 0 heterocycles. The Kier molecular flexibility index (Phi) is 7.23. The summed E-state index contributed by atoms with van der Waals surface area (Å²) in [7, 11) is 2.52. The zero-order valence-electron chi connectivity index (χ0n) is 13.0. The summed E-state index contributed by atoms with van der Waals surface area (Å²) in [6.07, 6.45) is 2.11. The predicted molar refractivity (Wildman–Crippen MR) is 76.9 cm³/mol. The van der Waals surface area contributed by atoms with Gasteiger partial charge in [-0.25, -0.2) is 0 Å². The summed E-state index contributed by atoms with van der Waals surface area (Å²) in [4.78, 5) is 2.11. The molecule has 0 aliphatic heterocycles. The quantitative estimate of drug-likeness (QED) is 0.568. The molecule has 0 radical (unpaired) electrons. The van der Waals surface area contributed by atoms with Gasteiger partial charge in [-0.3, -0.25) is 0 Å². The topological polar surface area (TPSA) is 21.7 Å². The van der Waals surface area contributed by atoms with Crippen LogP contribution in [0.4, 0.5) is 0 Å². The second kappa shape index (κ2) is 7.13. The SMILES string of the molecule is CCO[C](=[W])/C=C(\N(C)C)C(C)(C)O[Si](C)(C)C. The second-order valence-corrected chi connectivity index (χ2v) is 11.8. The van der Waals surface area contributed by atoms with Gasteiger partial charge >= 0.3 is 124 Å². The second-order valence-electron chi connectivity index (χ2n) is 5.90. The Hall–Kier alpha value is 0.235. The van der Waals surface area contributed by atoms with Crippen molar-refractivity contribution in [1.82, 2.24) is 4.90 Å². The first-order valence-corrected chi connectivity index (χ1v) is 11.1. The van der Waals surface area contributed by atoms with Gasteiger partial charge in [-0.2, -0.15) is 0 Å². The van der Waals surface area contributed by atoms with E-state index in [0.29, 0.717) is 6.61 Å². The molecule has 0 aromatic heterocycles. The Labute approximate surface area is 124 Å². The number of likely N-dealkylation sites (N-methyl/N-ethyl adjacent to an activating group) is 1. The van der Waals surface area contributed by atoms with Crippen LogP contribution in [-0.2, 0) is 28.5 Å². The molecule has 0 amide bonds. The molecule has 3 nitrogen and oxygen atoms in total. The standard InChI is InChI=1S/C13H27NO2Si.W/c1-9-15-11-10-12(14(4)5)13(2,3)16-17(6,7)8;/h10H,9H2,1-8H3;/b12-10-;. The Morgan fingerprint density at radius 3 is 2.11 bits per heavy atom. The van der Waals surface area contributed by atoms with Crippen molar-refractivity contribution in [3.8, 4) is 0 Å². The molecule has 5 heteroatoms. The fraction of sp³-hybridized carbons (Fsp3) is 0.769. The van der Waals surface area contributed by atoms with E-state index in [9.17, 15) is 0 Å². The fourth-order valence-corrected chi connectivity index (χ4v) is 4.41. The molecule has 18 heavy (non-hydrogen) atoms. The van der Waals surface area contributed by atoms with Crippen LogP contribution in [0, 0.1) is 0 Å². The van der Waals surface area contributed by atoms with Crippen LogP contribution in [0.3, 0.4) is 0 Å². The molecule has 0 saturated heterocycles. The van der Waals surface area contributed by atoms with Crippen LogP contribution in [0.1, 0.15) is 20.8 Å². The third kappa shape index (κ3) is 6.98. The van der Waals surface area contributed by atoms with Crippen LogP contribution in [0.15, 0.2) is 11.8 Å². The zero-order valence-corrected chi connectivity index (χ0v) is 16.9. The molecule has 0 bridgehead atoms. The maximum absolute atomic E-state index is 6.30. The van der Waals surface area contributed by atoms with Crippen LogP contribution in [-0.4, -0.2) is 43.6 Å². The molecular weight excluding hydrogens is 414 g/mol. The molecule has 0 spiro atoms. The summed E-state index contributed by atoms with van der Waals surface area (Å²) in [6, 6.07) is 0. The monoisotopic (exact) mass is 441 g/mol. The molecule has 0 aliphatic rings. The van der Waals surface area contributed by atoms with Crippen molar-refractivity contribution >= 4 is 12.4 Å². The summed E-state index contributed by atoms with van der Waals surface area (Å²) >= 11 is 1.34. The molecule has 0 aliphatic carbocycles. The van der Waals surface area contributed by atoms with Gasteiger partial charge < -0.3 is 0 Å². The van der Waals surface area contributed by atoms with Crippen molar-refractivity contribution in [1.29, 1.82) is 0 Å². The van der Waals surface area contributed by atoms with E-state index in [4.69, 9.17) is 9.16 Å². The summed E-state index contributed by atoms with van der Waals surface area (Å²) in [5, 5.41) is 0. The minimum absolute atomic E-state index is 0.286. The maximum atomic E-state index is 6.30. The molecule has 0 rings (SSSR count). The molecule has 0 unspecified atom stereocenters. The molecular formula is C13H27NO2SiW. The Balaban J connectivity index is 5.16. The van der Waals surface area contributed by atoms with Crippen LogP contribution in [0.25, 0.3) is 0 Å². The van der Waals surface area contributed by atoms with Crippen LogP contribution >= 0.6 is 0 Å². The number of ether oxygens (including phenoxy) is 1. The molecule has 0 atom stereocenters. The van der Waals surface area contributed by atoms with Gasteiger partial charge in [0.15, 0.2) is 0 Å². The van der Waals surface area contributed by atoms with Crippen molar-refractivity contribution in [3.05, 3.63) is 11.8 Å². The molecule has 106 valence electrons. The number of hydrogen-bond acceptors (Lipinski definition) is 3. The molecule has 0 fully saturated rings. The minimum atomic E-state index is -1.58. The molecule has 0 aromatic carbocycles. The van der Waals surface area contributed by atoms with Gasteiger partial charge in [0, 0.05) is 0 Å². The first-order valence-electron chi connectivity index (χ1n) is 6.26. The predicted octanol–water partition coefficient (Wildman–Crippen LogP) is 2.78. The van der Waals surface area contributed by atoms with Gasteiger partial charge in [-0.15, -0.1) is 0 Å². The van der Waals surface area contributed by atoms with Crippen molar-refractivity contribution in [2.75, 3.05) is 20.7 Å². The Morgan fingerprint density at radius 2 is 1.78 bits per heavy atom. The summed E-state index contributed by atoms with van der Waals surface area (Å²) in [5.74, 6) is 0. The molecule has 0 N–H and O–H groups in total. The summed E-state index contributed by atoms with van der Waals surface area (Å²) in [6.45, 7) is 13.6. The first kappa shape index (κ1) is 18.2. The van der Waals surface area contributed by atoms with Crippen molar-refractivity contribution in [3.63, 3.8) is 0 Å². The van der Waals surface area contributed by atoms with Gasteiger partial charge in [-0.05, 0) is 0 Å². The van der Waals surface area contributed by atoms with Crippen molar-refractivity contribution < 1.29 is 28.5 Å². The normalized spacial score (nSPS) is 13.7. The van der Waals surface area contributed by atoms with Gasteiger partial charge in [0.2, 0.25) is 0 Å². The van der Waals surface area contributed by atoms with Gasteiger partial charge in [0.1, 0.15) is 0 Å². The Bertz CT molecular complexity index is 319. The molecule has 0 saturated carbocycles. The van der Waals surface area contributed by atoms with Crippen LogP contribution in [0.2, 0.25) is 19.6 Å². The molecule has 0 aromatic rings. The van der Waals surface area contributed by atoms with E-state index in [1.165, 1.54) is 19.4 Å². The van der Waals surface area contributed by atoms with Crippen molar-refractivity contribution in [2.45, 2.75) is 46.0 Å². The zero-order chi connectivity index (χ0) is 14.6. The van der Waals surface area contributed by atoms with E-state index in [1.807, 2.05) is 6.92 Å². The van der Waals surface area contributed by atoms with Crippen LogP contribution in [0.5, 0.6) is 0 Å². The number of hydrogen-bond donors (Lipinski definition) is 0. The summed E-state index contributed by atoms with van der Waals surface area (Å²) < 4.78 is 12.9. The van der Waals surface area contributed by atoms with E-state index >= 15 is 0 Å². The number of nitrogens with zero attached hydrogens (tertiary/aromatic N) is 1. The third-order valence-electron chi connectivity index (χ3n) is 2.20. The summed E-state index contributed by atoms with van der Waals surface area (Å²) in [5.41, 5.74) is 0.870. The fourth-order valence-electron chi connectivity index (χ4n) is 1.95. The Morgan fingerprint density at radius 1 is 1.28 bits per heavy atom. The van der Waals surface area contributed by atoms with E-state index in [2.05, 4.69) is 58.6 Å². The number of rotatable bonds is 7. The third-order valence-corrected chi connectivity index (χ3v) is 4.17. The van der Waals surface area contributed by atoms with E-state index < -0.39 is 8.32 Å². The van der Waals surface area contributed by atoms with Crippen LogP contribution < -0.4 is 0 Å².